The van der Waals surface area contributed by atoms with Crippen LogP contribution < -0.4 is 0 Å². The first-order valence-corrected chi connectivity index (χ1v) is 6.90. The van der Waals surface area contributed by atoms with Crippen molar-refractivity contribution in [2.75, 3.05) is 5.88 Å². The first kappa shape index (κ1) is 13.2. The minimum absolute atomic E-state index is 0.397. The van der Waals surface area contributed by atoms with Gasteiger partial charge < -0.3 is 0 Å². The van der Waals surface area contributed by atoms with Gasteiger partial charge in [-0.05, 0) is 31.4 Å². The van der Waals surface area contributed by atoms with Crippen molar-refractivity contribution >= 4 is 11.6 Å². The highest BCUT2D eigenvalue weighted by molar-refractivity contribution is 6.18. The van der Waals surface area contributed by atoms with E-state index < -0.39 is 0 Å². The smallest absolute Gasteiger partial charge is 0.0295 e. The third-order valence-corrected chi connectivity index (χ3v) is 3.59. The van der Waals surface area contributed by atoms with Crippen LogP contribution in [0.15, 0.2) is 48.5 Å². The van der Waals surface area contributed by atoms with Gasteiger partial charge in [0.1, 0.15) is 0 Å². The molecule has 0 aliphatic carbocycles. The maximum atomic E-state index is 6.13. The maximum Gasteiger partial charge on any atom is 0.0295 e. The van der Waals surface area contributed by atoms with E-state index in [2.05, 4.69) is 56.3 Å². The van der Waals surface area contributed by atoms with Gasteiger partial charge >= 0.3 is 0 Å². The number of halogens is 1. The molecule has 0 saturated heterocycles. The van der Waals surface area contributed by atoms with Gasteiger partial charge in [0.15, 0.2) is 0 Å². The number of aryl methyl sites for hydroxylation is 2. The van der Waals surface area contributed by atoms with Crippen LogP contribution in [0.1, 0.15) is 28.2 Å². The summed E-state index contributed by atoms with van der Waals surface area (Å²) in [5.41, 5.74) is 5.35. The first-order valence-electron chi connectivity index (χ1n) is 6.37. The van der Waals surface area contributed by atoms with Gasteiger partial charge in [-0.15, -0.1) is 11.6 Å². The summed E-state index contributed by atoms with van der Waals surface area (Å²) >= 11 is 6.13. The van der Waals surface area contributed by atoms with Gasteiger partial charge in [-0.25, -0.2) is 0 Å². The lowest BCUT2D eigenvalue weighted by Crippen LogP contribution is -2.05. The summed E-state index contributed by atoms with van der Waals surface area (Å²) < 4.78 is 0. The average molecular weight is 259 g/mol. The molecule has 94 valence electrons. The van der Waals surface area contributed by atoms with Crippen molar-refractivity contribution in [3.63, 3.8) is 0 Å². The molecule has 0 fully saturated rings. The van der Waals surface area contributed by atoms with E-state index in [4.69, 9.17) is 11.6 Å². The molecule has 18 heavy (non-hydrogen) atoms. The Hall–Kier alpha value is -1.27. The van der Waals surface area contributed by atoms with Gasteiger partial charge in [0.05, 0.1) is 0 Å². The van der Waals surface area contributed by atoms with E-state index in [1.54, 1.807) is 0 Å². The Morgan fingerprint density at radius 1 is 0.944 bits per heavy atom. The molecule has 2 aromatic rings. The summed E-state index contributed by atoms with van der Waals surface area (Å²) in [6, 6.07) is 17.3. The molecule has 2 rings (SSSR count). The van der Waals surface area contributed by atoms with E-state index in [0.717, 1.165) is 6.42 Å². The van der Waals surface area contributed by atoms with Crippen molar-refractivity contribution in [1.82, 2.24) is 0 Å². The van der Waals surface area contributed by atoms with Crippen LogP contribution in [0.5, 0.6) is 0 Å². The molecule has 0 N–H and O–H groups in total. The zero-order valence-electron chi connectivity index (χ0n) is 11.0. The predicted molar refractivity (Wildman–Crippen MR) is 79.5 cm³/mol. The Bertz CT molecular complexity index is 482. The summed E-state index contributed by atoms with van der Waals surface area (Å²) in [6.45, 7) is 4.30. The van der Waals surface area contributed by atoms with E-state index in [-0.39, 0.29) is 0 Å². The third-order valence-electron chi connectivity index (χ3n) is 3.22. The monoisotopic (exact) mass is 258 g/mol. The maximum absolute atomic E-state index is 6.13. The van der Waals surface area contributed by atoms with Crippen molar-refractivity contribution in [1.29, 1.82) is 0 Å². The second kappa shape index (κ2) is 6.06. The zero-order valence-corrected chi connectivity index (χ0v) is 11.7. The van der Waals surface area contributed by atoms with Gasteiger partial charge in [0, 0.05) is 11.8 Å². The Morgan fingerprint density at radius 3 is 2.11 bits per heavy atom. The summed E-state index contributed by atoms with van der Waals surface area (Å²) in [5.74, 6) is 1.06. The molecular formula is C17H19Cl. The van der Waals surface area contributed by atoms with Crippen LogP contribution in [-0.4, -0.2) is 5.88 Å². The molecule has 1 atom stereocenters. The van der Waals surface area contributed by atoms with E-state index in [9.17, 15) is 0 Å². The zero-order chi connectivity index (χ0) is 13.0. The van der Waals surface area contributed by atoms with Crippen LogP contribution in [0.4, 0.5) is 0 Å². The van der Waals surface area contributed by atoms with Crippen LogP contribution in [-0.2, 0) is 6.42 Å². The average Bonchev–Trinajstić information content (AvgIpc) is 2.36. The highest BCUT2D eigenvalue weighted by Crippen LogP contribution is 2.23. The highest BCUT2D eigenvalue weighted by Gasteiger charge is 2.11. The fourth-order valence-electron chi connectivity index (χ4n) is 2.46. The van der Waals surface area contributed by atoms with Gasteiger partial charge in [-0.1, -0.05) is 59.7 Å². The molecule has 1 unspecified atom stereocenters. The molecule has 0 nitrogen and oxygen atoms in total. The third kappa shape index (κ3) is 3.36. The molecule has 0 heterocycles. The van der Waals surface area contributed by atoms with Gasteiger partial charge in [-0.3, -0.25) is 0 Å². The molecule has 0 aliphatic rings. The number of hydrogen-bond donors (Lipinski definition) is 0. The molecule has 0 amide bonds. The lowest BCUT2D eigenvalue weighted by molar-refractivity contribution is 0.765. The van der Waals surface area contributed by atoms with E-state index >= 15 is 0 Å². The van der Waals surface area contributed by atoms with Crippen LogP contribution in [0.25, 0.3) is 0 Å². The molecule has 0 saturated carbocycles. The number of alkyl halides is 1. The highest BCUT2D eigenvalue weighted by atomic mass is 35.5. The SMILES string of the molecule is Cc1cc(C)cc(CC(CCl)c2ccccc2)c1. The lowest BCUT2D eigenvalue weighted by Gasteiger charge is -2.15. The fourth-order valence-corrected chi connectivity index (χ4v) is 2.75. The number of rotatable bonds is 4. The standard InChI is InChI=1S/C17H19Cl/c1-13-8-14(2)10-15(9-13)11-17(12-18)16-6-4-3-5-7-16/h3-10,17H,11-12H2,1-2H3. The van der Waals surface area contributed by atoms with Crippen LogP contribution in [0.3, 0.4) is 0 Å². The van der Waals surface area contributed by atoms with Crippen molar-refractivity contribution in [3.05, 3.63) is 70.8 Å². The predicted octanol–water partition coefficient (Wildman–Crippen LogP) is 4.87. The summed E-state index contributed by atoms with van der Waals surface area (Å²) in [4.78, 5) is 0. The van der Waals surface area contributed by atoms with Crippen molar-refractivity contribution in [2.45, 2.75) is 26.2 Å². The second-order valence-corrected chi connectivity index (χ2v) is 5.27. The molecule has 0 aliphatic heterocycles. The van der Waals surface area contributed by atoms with E-state index in [1.165, 1.54) is 22.3 Å². The number of benzene rings is 2. The normalized spacial score (nSPS) is 12.4. The van der Waals surface area contributed by atoms with Crippen molar-refractivity contribution in [2.24, 2.45) is 0 Å². The molecular weight excluding hydrogens is 240 g/mol. The molecule has 0 spiro atoms. The minimum atomic E-state index is 0.397. The fraction of sp³-hybridized carbons (Fsp3) is 0.294. The van der Waals surface area contributed by atoms with Crippen LogP contribution in [0.2, 0.25) is 0 Å². The quantitative estimate of drug-likeness (QED) is 0.687. The van der Waals surface area contributed by atoms with Gasteiger partial charge in [0.25, 0.3) is 0 Å². The van der Waals surface area contributed by atoms with E-state index in [1.807, 2.05) is 6.07 Å². The topological polar surface area (TPSA) is 0 Å². The second-order valence-electron chi connectivity index (χ2n) is 4.96. The molecule has 0 radical (unpaired) electrons. The Morgan fingerprint density at radius 2 is 1.56 bits per heavy atom. The summed E-state index contributed by atoms with van der Waals surface area (Å²) in [6.07, 6.45) is 1.01. The largest absolute Gasteiger partial charge is 0.126 e. The van der Waals surface area contributed by atoms with Crippen LogP contribution >= 0.6 is 11.6 Å². The number of hydrogen-bond acceptors (Lipinski definition) is 0. The van der Waals surface area contributed by atoms with Crippen LogP contribution in [0, 0.1) is 13.8 Å². The Kier molecular flexibility index (Phi) is 4.43. The molecule has 1 heteroatoms. The molecule has 0 bridgehead atoms. The molecule has 0 aromatic heterocycles. The van der Waals surface area contributed by atoms with Crippen molar-refractivity contribution in [3.8, 4) is 0 Å². The van der Waals surface area contributed by atoms with Gasteiger partial charge in [-0.2, -0.15) is 0 Å². The Balaban J connectivity index is 2.20. The molecule has 2 aromatic carbocycles. The van der Waals surface area contributed by atoms with Crippen molar-refractivity contribution < 1.29 is 0 Å². The van der Waals surface area contributed by atoms with Gasteiger partial charge in [0.2, 0.25) is 0 Å². The first-order chi connectivity index (χ1) is 8.69. The minimum Gasteiger partial charge on any atom is -0.126 e. The summed E-state index contributed by atoms with van der Waals surface area (Å²) in [7, 11) is 0. The summed E-state index contributed by atoms with van der Waals surface area (Å²) in [5, 5.41) is 0. The van der Waals surface area contributed by atoms with E-state index in [0.29, 0.717) is 11.8 Å². The lowest BCUT2D eigenvalue weighted by atomic mass is 9.92. The Labute approximate surface area is 115 Å².